The van der Waals surface area contributed by atoms with Gasteiger partial charge in [0.15, 0.2) is 5.65 Å². The van der Waals surface area contributed by atoms with E-state index in [-0.39, 0.29) is 0 Å². The summed E-state index contributed by atoms with van der Waals surface area (Å²) in [5, 5.41) is 13.1. The molecule has 0 aliphatic carbocycles. The van der Waals surface area contributed by atoms with Gasteiger partial charge in [-0.3, -0.25) is 0 Å². The van der Waals surface area contributed by atoms with Crippen molar-refractivity contribution >= 4 is 16.7 Å². The maximum atomic E-state index is 4.72. The Morgan fingerprint density at radius 1 is 0.964 bits per heavy atom. The first-order chi connectivity index (χ1) is 13.8. The zero-order chi connectivity index (χ0) is 19.8. The van der Waals surface area contributed by atoms with E-state index in [1.54, 1.807) is 0 Å². The van der Waals surface area contributed by atoms with Crippen LogP contribution in [0.25, 0.3) is 11.0 Å². The van der Waals surface area contributed by atoms with Crippen molar-refractivity contribution in [1.82, 2.24) is 20.1 Å². The molecule has 0 aliphatic heterocycles. The summed E-state index contributed by atoms with van der Waals surface area (Å²) in [5.41, 5.74) is 4.65. The molecule has 0 atom stereocenters. The third-order valence-electron chi connectivity index (χ3n) is 5.15. The van der Waals surface area contributed by atoms with Crippen LogP contribution in [0.1, 0.15) is 57.6 Å². The Bertz CT molecular complexity index is 850. The van der Waals surface area contributed by atoms with Gasteiger partial charge in [0.2, 0.25) is 0 Å². The minimum Gasteiger partial charge on any atom is -0.381 e. The third-order valence-corrected chi connectivity index (χ3v) is 5.15. The quantitative estimate of drug-likeness (QED) is 0.485. The van der Waals surface area contributed by atoms with Crippen LogP contribution in [-0.4, -0.2) is 20.8 Å². The first-order valence-corrected chi connectivity index (χ1v) is 10.6. The van der Waals surface area contributed by atoms with Crippen molar-refractivity contribution in [3.8, 4) is 0 Å². The third kappa shape index (κ3) is 4.90. The molecular weight excluding hydrogens is 346 g/mol. The van der Waals surface area contributed by atoms with E-state index in [9.17, 15) is 0 Å². The average Bonchev–Trinajstić information content (AvgIpc) is 3.14. The molecule has 2 N–H and O–H groups in total. The highest BCUT2D eigenvalue weighted by atomic mass is 15.3. The van der Waals surface area contributed by atoms with Crippen LogP contribution in [0.15, 0.2) is 42.7 Å². The lowest BCUT2D eigenvalue weighted by atomic mass is 10.0. The van der Waals surface area contributed by atoms with Gasteiger partial charge < -0.3 is 10.6 Å². The predicted molar refractivity (Wildman–Crippen MR) is 117 cm³/mol. The van der Waals surface area contributed by atoms with E-state index in [0.717, 1.165) is 30.7 Å². The Kier molecular flexibility index (Phi) is 7.43. The lowest BCUT2D eigenvalue weighted by Crippen LogP contribution is -2.22. The van der Waals surface area contributed by atoms with Crippen LogP contribution in [0, 0.1) is 0 Å². The Morgan fingerprint density at radius 2 is 1.71 bits per heavy atom. The van der Waals surface area contributed by atoms with Crippen molar-refractivity contribution < 1.29 is 0 Å². The first-order valence-electron chi connectivity index (χ1n) is 10.6. The highest BCUT2D eigenvalue weighted by molar-refractivity contribution is 5.90. The van der Waals surface area contributed by atoms with Gasteiger partial charge in [0.25, 0.3) is 0 Å². The number of benzene rings is 1. The van der Waals surface area contributed by atoms with Gasteiger partial charge in [-0.1, -0.05) is 57.0 Å². The van der Waals surface area contributed by atoms with Gasteiger partial charge in [0, 0.05) is 37.4 Å². The van der Waals surface area contributed by atoms with Crippen LogP contribution >= 0.6 is 0 Å². The van der Waals surface area contributed by atoms with Gasteiger partial charge in [-0.2, -0.15) is 5.10 Å². The number of hydrogen-bond acceptors (Lipinski definition) is 4. The molecule has 0 fully saturated rings. The first kappa shape index (κ1) is 20.3. The second-order valence-electron chi connectivity index (χ2n) is 7.36. The van der Waals surface area contributed by atoms with Crippen LogP contribution in [0.4, 0.5) is 5.69 Å². The largest absolute Gasteiger partial charge is 0.381 e. The van der Waals surface area contributed by atoms with Crippen LogP contribution in [0.2, 0.25) is 0 Å². The fraction of sp³-hybridized carbons (Fsp3) is 0.478. The van der Waals surface area contributed by atoms with E-state index in [0.29, 0.717) is 6.04 Å². The summed E-state index contributed by atoms with van der Waals surface area (Å²) in [6.45, 7) is 9.07. The van der Waals surface area contributed by atoms with Crippen LogP contribution < -0.4 is 10.6 Å². The molecule has 0 spiro atoms. The summed E-state index contributed by atoms with van der Waals surface area (Å²) in [6.07, 6.45) is 8.69. The van der Waals surface area contributed by atoms with E-state index in [4.69, 9.17) is 4.98 Å². The fourth-order valence-electron chi connectivity index (χ4n) is 3.73. The topological polar surface area (TPSA) is 54.8 Å². The van der Waals surface area contributed by atoms with Crippen molar-refractivity contribution in [3.05, 3.63) is 53.9 Å². The van der Waals surface area contributed by atoms with E-state index in [1.807, 2.05) is 17.1 Å². The summed E-state index contributed by atoms with van der Waals surface area (Å²) < 4.78 is 1.97. The number of fused-ring (bicyclic) bond motifs is 1. The molecule has 0 saturated carbocycles. The lowest BCUT2D eigenvalue weighted by molar-refractivity contribution is 0.585. The van der Waals surface area contributed by atoms with Crippen molar-refractivity contribution in [3.63, 3.8) is 0 Å². The van der Waals surface area contributed by atoms with E-state index in [2.05, 4.69) is 66.8 Å². The number of hydrogen-bond donors (Lipinski definition) is 2. The Labute approximate surface area is 168 Å². The van der Waals surface area contributed by atoms with Gasteiger partial charge in [-0.15, -0.1) is 0 Å². The molecule has 2 aromatic heterocycles. The second-order valence-corrected chi connectivity index (χ2v) is 7.36. The number of nitrogens with zero attached hydrogens (tertiary/aromatic N) is 3. The van der Waals surface area contributed by atoms with Crippen molar-refractivity contribution in [1.29, 1.82) is 0 Å². The second kappa shape index (κ2) is 10.2. The Hall–Kier alpha value is -2.40. The molecule has 5 nitrogen and oxygen atoms in total. The number of pyridine rings is 1. The molecule has 0 saturated heterocycles. The molecule has 0 bridgehead atoms. The molecule has 5 heteroatoms. The standard InChI is InChI=1S/C23H33N5/c1-4-10-20(11-5-2)27-22-19(15-24-14-18-12-8-7-9-13-18)16-25-23-21(22)17-26-28(23)6-3/h7-9,12-13,16-17,20,24H,4-6,10-11,14-15H2,1-3H3,(H,25,27). The monoisotopic (exact) mass is 379 g/mol. The minimum atomic E-state index is 0.485. The summed E-state index contributed by atoms with van der Waals surface area (Å²) in [7, 11) is 0. The van der Waals surface area contributed by atoms with Crippen LogP contribution in [0.3, 0.4) is 0 Å². The SMILES string of the molecule is CCCC(CCC)Nc1c(CNCc2ccccc2)cnc2c1cnn2CC. The molecule has 150 valence electrons. The summed E-state index contributed by atoms with van der Waals surface area (Å²) >= 11 is 0. The number of rotatable bonds is 11. The smallest absolute Gasteiger partial charge is 0.159 e. The number of aryl methyl sites for hydroxylation is 1. The van der Waals surface area contributed by atoms with E-state index < -0.39 is 0 Å². The van der Waals surface area contributed by atoms with Crippen LogP contribution in [0.5, 0.6) is 0 Å². The fourth-order valence-corrected chi connectivity index (χ4v) is 3.73. The van der Waals surface area contributed by atoms with Crippen LogP contribution in [-0.2, 0) is 19.6 Å². The molecular formula is C23H33N5. The zero-order valence-corrected chi connectivity index (χ0v) is 17.4. The van der Waals surface area contributed by atoms with Gasteiger partial charge >= 0.3 is 0 Å². The van der Waals surface area contributed by atoms with E-state index in [1.165, 1.54) is 42.5 Å². The number of nitrogens with one attached hydrogen (secondary N) is 2. The molecule has 0 aliphatic rings. The van der Waals surface area contributed by atoms with Gasteiger partial charge in [0.05, 0.1) is 17.3 Å². The van der Waals surface area contributed by atoms with Gasteiger partial charge in [0.1, 0.15) is 0 Å². The Balaban J connectivity index is 1.85. The zero-order valence-electron chi connectivity index (χ0n) is 17.4. The maximum Gasteiger partial charge on any atom is 0.159 e. The van der Waals surface area contributed by atoms with Crippen molar-refractivity contribution in [2.24, 2.45) is 0 Å². The summed E-state index contributed by atoms with van der Waals surface area (Å²) in [4.78, 5) is 4.72. The lowest BCUT2D eigenvalue weighted by Gasteiger charge is -2.22. The molecule has 0 amide bonds. The normalized spacial score (nSPS) is 11.4. The number of aromatic nitrogens is 3. The highest BCUT2D eigenvalue weighted by Gasteiger charge is 2.16. The summed E-state index contributed by atoms with van der Waals surface area (Å²) in [6, 6.07) is 11.0. The predicted octanol–water partition coefficient (Wildman–Crippen LogP) is 5.12. The highest BCUT2D eigenvalue weighted by Crippen LogP contribution is 2.28. The van der Waals surface area contributed by atoms with Gasteiger partial charge in [-0.05, 0) is 25.3 Å². The molecule has 28 heavy (non-hydrogen) atoms. The maximum absolute atomic E-state index is 4.72. The Morgan fingerprint density at radius 3 is 2.39 bits per heavy atom. The molecule has 0 radical (unpaired) electrons. The molecule has 0 unspecified atom stereocenters. The molecule has 1 aromatic carbocycles. The molecule has 2 heterocycles. The van der Waals surface area contributed by atoms with E-state index >= 15 is 0 Å². The van der Waals surface area contributed by atoms with Gasteiger partial charge in [-0.25, -0.2) is 9.67 Å². The average molecular weight is 380 g/mol. The van der Waals surface area contributed by atoms with Crippen molar-refractivity contribution in [2.45, 2.75) is 72.1 Å². The number of anilines is 1. The minimum absolute atomic E-state index is 0.485. The summed E-state index contributed by atoms with van der Waals surface area (Å²) in [5.74, 6) is 0. The molecule has 3 aromatic rings. The molecule has 3 rings (SSSR count). The van der Waals surface area contributed by atoms with Crippen molar-refractivity contribution in [2.75, 3.05) is 5.32 Å².